The van der Waals surface area contributed by atoms with Crippen molar-refractivity contribution >= 4 is 12.4 Å². The zero-order valence-corrected chi connectivity index (χ0v) is 7.70. The molecule has 72 valence electrons. The fourth-order valence-electron chi connectivity index (χ4n) is 1.71. The van der Waals surface area contributed by atoms with E-state index in [2.05, 4.69) is 0 Å². The third-order valence-electron chi connectivity index (χ3n) is 2.32. The first kappa shape index (κ1) is 10.4. The SMILES string of the molecule is Cl.NC1CCc2c(F)ccc(F)c21. The van der Waals surface area contributed by atoms with Gasteiger partial charge in [0.2, 0.25) is 0 Å². The molecule has 1 aromatic rings. The van der Waals surface area contributed by atoms with Gasteiger partial charge in [0.15, 0.2) is 0 Å². The molecule has 0 bridgehead atoms. The molecule has 0 saturated heterocycles. The van der Waals surface area contributed by atoms with E-state index in [1.807, 2.05) is 0 Å². The molecule has 0 fully saturated rings. The molecular formula is C9H10ClF2N. The van der Waals surface area contributed by atoms with E-state index in [1.54, 1.807) is 0 Å². The molecule has 2 N–H and O–H groups in total. The van der Waals surface area contributed by atoms with Gasteiger partial charge >= 0.3 is 0 Å². The normalized spacial score (nSPS) is 19.5. The van der Waals surface area contributed by atoms with Gasteiger partial charge in [0.1, 0.15) is 11.6 Å². The summed E-state index contributed by atoms with van der Waals surface area (Å²) in [5.74, 6) is -0.712. The lowest BCUT2D eigenvalue weighted by Crippen LogP contribution is -2.07. The molecule has 0 saturated carbocycles. The van der Waals surface area contributed by atoms with Gasteiger partial charge < -0.3 is 5.73 Å². The lowest BCUT2D eigenvalue weighted by Gasteiger charge is -2.05. The van der Waals surface area contributed by atoms with Crippen LogP contribution in [0.1, 0.15) is 23.6 Å². The van der Waals surface area contributed by atoms with Crippen LogP contribution in [0.5, 0.6) is 0 Å². The van der Waals surface area contributed by atoms with Crippen molar-refractivity contribution in [2.24, 2.45) is 5.73 Å². The summed E-state index contributed by atoms with van der Waals surface area (Å²) in [6.45, 7) is 0. The summed E-state index contributed by atoms with van der Waals surface area (Å²) in [5, 5.41) is 0. The predicted octanol–water partition coefficient (Wildman–Crippen LogP) is 2.33. The molecule has 0 aliphatic heterocycles. The Balaban J connectivity index is 0.000000845. The molecule has 0 radical (unpaired) electrons. The molecule has 4 heteroatoms. The summed E-state index contributed by atoms with van der Waals surface area (Å²) in [4.78, 5) is 0. The van der Waals surface area contributed by atoms with Gasteiger partial charge in [-0.3, -0.25) is 0 Å². The van der Waals surface area contributed by atoms with Crippen molar-refractivity contribution in [2.45, 2.75) is 18.9 Å². The smallest absolute Gasteiger partial charge is 0.128 e. The summed E-state index contributed by atoms with van der Waals surface area (Å²) >= 11 is 0. The average molecular weight is 206 g/mol. The highest BCUT2D eigenvalue weighted by Crippen LogP contribution is 2.32. The van der Waals surface area contributed by atoms with Crippen LogP contribution >= 0.6 is 12.4 Å². The number of rotatable bonds is 0. The van der Waals surface area contributed by atoms with E-state index in [1.165, 1.54) is 0 Å². The zero-order chi connectivity index (χ0) is 8.72. The summed E-state index contributed by atoms with van der Waals surface area (Å²) in [6, 6.07) is 1.97. The third-order valence-corrected chi connectivity index (χ3v) is 2.32. The van der Waals surface area contributed by atoms with Crippen LogP contribution < -0.4 is 5.73 Å². The van der Waals surface area contributed by atoms with Crippen molar-refractivity contribution in [3.05, 3.63) is 34.9 Å². The molecule has 0 heterocycles. The van der Waals surface area contributed by atoms with Gasteiger partial charge in [0, 0.05) is 11.6 Å². The van der Waals surface area contributed by atoms with Crippen molar-refractivity contribution in [1.82, 2.24) is 0 Å². The van der Waals surface area contributed by atoms with E-state index < -0.39 is 0 Å². The van der Waals surface area contributed by atoms with E-state index in [0.717, 1.165) is 12.1 Å². The Morgan fingerprint density at radius 2 is 1.85 bits per heavy atom. The van der Waals surface area contributed by atoms with Crippen LogP contribution in [0.15, 0.2) is 12.1 Å². The molecule has 1 aromatic carbocycles. The molecule has 13 heavy (non-hydrogen) atoms. The molecule has 1 unspecified atom stereocenters. The fraction of sp³-hybridized carbons (Fsp3) is 0.333. The van der Waals surface area contributed by atoms with E-state index in [0.29, 0.717) is 24.0 Å². The first-order chi connectivity index (χ1) is 5.70. The number of hydrogen-bond donors (Lipinski definition) is 1. The molecular weight excluding hydrogens is 196 g/mol. The molecule has 1 aliphatic carbocycles. The van der Waals surface area contributed by atoms with Crippen LogP contribution in [-0.2, 0) is 6.42 Å². The molecule has 0 amide bonds. The first-order valence-corrected chi connectivity index (χ1v) is 3.92. The summed E-state index contributed by atoms with van der Waals surface area (Å²) in [6.07, 6.45) is 1.20. The average Bonchev–Trinajstić information content (AvgIpc) is 2.42. The van der Waals surface area contributed by atoms with Crippen LogP contribution in [0, 0.1) is 11.6 Å². The Kier molecular flexibility index (Phi) is 2.88. The maximum atomic E-state index is 13.1. The second kappa shape index (κ2) is 3.60. The Labute approximate surface area is 81.3 Å². The van der Waals surface area contributed by atoms with Gasteiger partial charge in [-0.15, -0.1) is 12.4 Å². The van der Waals surface area contributed by atoms with Gasteiger partial charge in [0.25, 0.3) is 0 Å². The Hall–Kier alpha value is -0.670. The highest BCUT2D eigenvalue weighted by Gasteiger charge is 2.25. The molecule has 0 aromatic heterocycles. The highest BCUT2D eigenvalue weighted by molar-refractivity contribution is 5.85. The number of fused-ring (bicyclic) bond motifs is 1. The number of nitrogens with two attached hydrogens (primary N) is 1. The second-order valence-electron chi connectivity index (χ2n) is 3.07. The van der Waals surface area contributed by atoms with Crippen LogP contribution in [-0.4, -0.2) is 0 Å². The lowest BCUT2D eigenvalue weighted by atomic mass is 10.1. The van der Waals surface area contributed by atoms with Gasteiger partial charge in [0.05, 0.1) is 0 Å². The summed E-state index contributed by atoms with van der Waals surface area (Å²) in [5.41, 5.74) is 6.44. The standard InChI is InChI=1S/C9H9F2N.ClH/c10-6-2-3-7(11)9-5(6)1-4-8(9)12;/h2-3,8H,1,4,12H2;1H. The molecule has 2 rings (SSSR count). The van der Waals surface area contributed by atoms with Gasteiger partial charge in [-0.05, 0) is 30.5 Å². The third kappa shape index (κ3) is 1.54. The van der Waals surface area contributed by atoms with Gasteiger partial charge in [-0.25, -0.2) is 8.78 Å². The van der Waals surface area contributed by atoms with E-state index in [9.17, 15) is 8.78 Å². The number of halogens is 3. The van der Waals surface area contributed by atoms with Crippen LogP contribution in [0.3, 0.4) is 0 Å². The van der Waals surface area contributed by atoms with Crippen molar-refractivity contribution in [1.29, 1.82) is 0 Å². The molecule has 0 spiro atoms. The van der Waals surface area contributed by atoms with E-state index in [4.69, 9.17) is 5.73 Å². The molecule has 1 nitrogen and oxygen atoms in total. The van der Waals surface area contributed by atoms with Gasteiger partial charge in [-0.1, -0.05) is 0 Å². The van der Waals surface area contributed by atoms with E-state index in [-0.39, 0.29) is 30.1 Å². The van der Waals surface area contributed by atoms with Crippen molar-refractivity contribution in [3.8, 4) is 0 Å². The monoisotopic (exact) mass is 205 g/mol. The Bertz CT molecular complexity index is 328. The second-order valence-corrected chi connectivity index (χ2v) is 3.07. The quantitative estimate of drug-likeness (QED) is 0.691. The summed E-state index contributed by atoms with van der Waals surface area (Å²) in [7, 11) is 0. The first-order valence-electron chi connectivity index (χ1n) is 3.92. The van der Waals surface area contributed by atoms with Crippen molar-refractivity contribution in [3.63, 3.8) is 0 Å². The van der Waals surface area contributed by atoms with E-state index >= 15 is 0 Å². The minimum Gasteiger partial charge on any atom is -0.324 e. The Morgan fingerprint density at radius 1 is 1.23 bits per heavy atom. The highest BCUT2D eigenvalue weighted by atomic mass is 35.5. The van der Waals surface area contributed by atoms with Crippen LogP contribution in [0.2, 0.25) is 0 Å². The molecule has 1 aliphatic rings. The minimum atomic E-state index is -0.378. The fourth-order valence-corrected chi connectivity index (χ4v) is 1.71. The largest absolute Gasteiger partial charge is 0.324 e. The zero-order valence-electron chi connectivity index (χ0n) is 6.89. The number of hydrogen-bond acceptors (Lipinski definition) is 1. The number of benzene rings is 1. The van der Waals surface area contributed by atoms with Crippen molar-refractivity contribution in [2.75, 3.05) is 0 Å². The Morgan fingerprint density at radius 3 is 2.46 bits per heavy atom. The maximum absolute atomic E-state index is 13.1. The van der Waals surface area contributed by atoms with Crippen LogP contribution in [0.4, 0.5) is 8.78 Å². The van der Waals surface area contributed by atoms with Crippen molar-refractivity contribution < 1.29 is 8.78 Å². The maximum Gasteiger partial charge on any atom is 0.128 e. The lowest BCUT2D eigenvalue weighted by molar-refractivity contribution is 0.574. The topological polar surface area (TPSA) is 26.0 Å². The predicted molar refractivity (Wildman–Crippen MR) is 48.9 cm³/mol. The summed E-state index contributed by atoms with van der Waals surface area (Å²) < 4.78 is 26.1. The molecule has 1 atom stereocenters. The van der Waals surface area contributed by atoms with Crippen LogP contribution in [0.25, 0.3) is 0 Å². The minimum absolute atomic E-state index is 0. The van der Waals surface area contributed by atoms with Gasteiger partial charge in [-0.2, -0.15) is 0 Å².